The molecule has 0 radical (unpaired) electrons. The molecule has 3 heteroatoms. The summed E-state index contributed by atoms with van der Waals surface area (Å²) >= 11 is 0. The second-order valence-electron chi connectivity index (χ2n) is 3.51. The highest BCUT2D eigenvalue weighted by atomic mass is 19.1. The van der Waals surface area contributed by atoms with Gasteiger partial charge in [0.2, 0.25) is 0 Å². The van der Waals surface area contributed by atoms with Crippen molar-refractivity contribution in [2.75, 3.05) is 0 Å². The fourth-order valence-electron chi connectivity index (χ4n) is 1.30. The predicted molar refractivity (Wildman–Crippen MR) is 52.5 cm³/mol. The van der Waals surface area contributed by atoms with Gasteiger partial charge in [0.15, 0.2) is 0 Å². The summed E-state index contributed by atoms with van der Waals surface area (Å²) in [4.78, 5) is 0. The average Bonchev–Trinajstić information content (AvgIpc) is 2.13. The fraction of sp³-hybridized carbons (Fsp3) is 0.364. The Labute approximate surface area is 83.0 Å². The van der Waals surface area contributed by atoms with Gasteiger partial charge in [-0.15, -0.1) is 0 Å². The zero-order chi connectivity index (χ0) is 10.7. The van der Waals surface area contributed by atoms with Gasteiger partial charge in [-0.25, -0.2) is 4.39 Å². The molecule has 1 aliphatic carbocycles. The van der Waals surface area contributed by atoms with Crippen LogP contribution in [0.3, 0.4) is 0 Å². The van der Waals surface area contributed by atoms with Gasteiger partial charge in [0.1, 0.15) is 5.83 Å². The van der Waals surface area contributed by atoms with E-state index in [2.05, 4.69) is 0 Å². The maximum atomic E-state index is 13.5. The Morgan fingerprint density at radius 2 is 2.21 bits per heavy atom. The molecule has 1 unspecified atom stereocenters. The molecule has 0 saturated carbocycles. The standard InChI is InChI=1S/C11H14FNO/c1-7-3-4-9(5-6-10(13)14)11(12)8(7)2/h3-8H,1-2H3,(H2,13,14)/p-1/b6-5+/t7-,8?/m0/s1. The summed E-state index contributed by atoms with van der Waals surface area (Å²) in [6.45, 7) is 3.75. The monoisotopic (exact) mass is 194 g/mol. The molecule has 1 aliphatic rings. The molecule has 0 aromatic heterocycles. The normalized spacial score (nSPS) is 27.4. The van der Waals surface area contributed by atoms with Crippen LogP contribution >= 0.6 is 0 Å². The minimum atomic E-state index is -0.815. The number of rotatable bonds is 2. The fourth-order valence-corrected chi connectivity index (χ4v) is 1.30. The molecule has 1 rings (SSSR count). The van der Waals surface area contributed by atoms with E-state index in [1.54, 1.807) is 13.0 Å². The summed E-state index contributed by atoms with van der Waals surface area (Å²) in [6, 6.07) is 0. The topological polar surface area (TPSA) is 46.9 Å². The molecule has 0 spiro atoms. The van der Waals surface area contributed by atoms with Gasteiger partial charge in [0, 0.05) is 11.5 Å². The van der Waals surface area contributed by atoms with Crippen LogP contribution in [0.2, 0.25) is 0 Å². The van der Waals surface area contributed by atoms with Crippen molar-refractivity contribution < 1.29 is 9.50 Å². The van der Waals surface area contributed by atoms with Crippen LogP contribution in [0.4, 0.5) is 4.39 Å². The largest absolute Gasteiger partial charge is 0.859 e. The van der Waals surface area contributed by atoms with Gasteiger partial charge in [-0.05, 0) is 11.8 Å². The third-order valence-corrected chi connectivity index (χ3v) is 2.46. The lowest BCUT2D eigenvalue weighted by molar-refractivity contribution is -0.213. The molecule has 0 amide bonds. The van der Waals surface area contributed by atoms with Crippen LogP contribution in [-0.4, -0.2) is 5.90 Å². The lowest BCUT2D eigenvalue weighted by atomic mass is 9.87. The van der Waals surface area contributed by atoms with E-state index < -0.39 is 5.90 Å². The zero-order valence-electron chi connectivity index (χ0n) is 8.25. The highest BCUT2D eigenvalue weighted by Crippen LogP contribution is 2.30. The summed E-state index contributed by atoms with van der Waals surface area (Å²) in [7, 11) is 0. The quantitative estimate of drug-likeness (QED) is 0.530. The Morgan fingerprint density at radius 1 is 1.57 bits per heavy atom. The molecular weight excluding hydrogens is 181 g/mol. The van der Waals surface area contributed by atoms with Gasteiger partial charge in [0.25, 0.3) is 0 Å². The van der Waals surface area contributed by atoms with Crippen LogP contribution in [0.5, 0.6) is 0 Å². The summed E-state index contributed by atoms with van der Waals surface area (Å²) in [6.07, 6.45) is 5.97. The van der Waals surface area contributed by atoms with Crippen molar-refractivity contribution in [1.29, 1.82) is 5.41 Å². The summed E-state index contributed by atoms with van der Waals surface area (Å²) in [5.74, 6) is -0.998. The first kappa shape index (κ1) is 10.7. The number of allylic oxidation sites excluding steroid dienone is 5. The number of nitrogens with one attached hydrogen (secondary N) is 1. The van der Waals surface area contributed by atoms with Crippen LogP contribution in [0.15, 0.2) is 35.7 Å². The van der Waals surface area contributed by atoms with E-state index in [4.69, 9.17) is 5.41 Å². The summed E-state index contributed by atoms with van der Waals surface area (Å²) < 4.78 is 13.5. The highest BCUT2D eigenvalue weighted by Gasteiger charge is 2.20. The van der Waals surface area contributed by atoms with E-state index in [0.29, 0.717) is 5.57 Å². The van der Waals surface area contributed by atoms with E-state index in [0.717, 1.165) is 6.08 Å². The van der Waals surface area contributed by atoms with Crippen LogP contribution < -0.4 is 5.11 Å². The van der Waals surface area contributed by atoms with Gasteiger partial charge < -0.3 is 10.5 Å². The van der Waals surface area contributed by atoms with Crippen molar-refractivity contribution in [3.05, 3.63) is 35.7 Å². The molecule has 14 heavy (non-hydrogen) atoms. The third kappa shape index (κ3) is 2.31. The Kier molecular flexibility index (Phi) is 3.23. The SMILES string of the molecule is CC1C(F)=C(/C=C/C(=N)[O-])C=C[C@@H]1C. The summed E-state index contributed by atoms with van der Waals surface area (Å²) in [5, 5.41) is 17.0. The molecule has 0 saturated heterocycles. The maximum Gasteiger partial charge on any atom is 0.110 e. The minimum Gasteiger partial charge on any atom is -0.859 e. The maximum absolute atomic E-state index is 13.5. The molecule has 76 valence electrons. The van der Waals surface area contributed by atoms with Crippen LogP contribution in [0.1, 0.15) is 13.8 Å². The summed E-state index contributed by atoms with van der Waals surface area (Å²) in [5.41, 5.74) is 0.399. The molecule has 0 bridgehead atoms. The van der Waals surface area contributed by atoms with Gasteiger partial charge >= 0.3 is 0 Å². The second kappa shape index (κ2) is 4.22. The van der Waals surface area contributed by atoms with E-state index in [1.165, 1.54) is 6.08 Å². The van der Waals surface area contributed by atoms with E-state index in [-0.39, 0.29) is 17.7 Å². The Balaban J connectivity index is 2.89. The predicted octanol–water partition coefficient (Wildman–Crippen LogP) is 1.95. The Bertz CT molecular complexity index is 328. The van der Waals surface area contributed by atoms with E-state index >= 15 is 0 Å². The highest BCUT2D eigenvalue weighted by molar-refractivity contribution is 5.81. The molecule has 0 aromatic rings. The van der Waals surface area contributed by atoms with Gasteiger partial charge in [-0.1, -0.05) is 38.2 Å². The molecule has 0 aliphatic heterocycles. The van der Waals surface area contributed by atoms with Crippen LogP contribution in [0.25, 0.3) is 0 Å². The van der Waals surface area contributed by atoms with Crippen molar-refractivity contribution in [1.82, 2.24) is 0 Å². The number of hydrogen-bond acceptors (Lipinski definition) is 2. The number of hydrogen-bond donors (Lipinski definition) is 1. The first-order chi connectivity index (χ1) is 6.52. The molecular formula is C11H13FNO-. The molecule has 0 heterocycles. The van der Waals surface area contributed by atoms with Gasteiger partial charge in [0.05, 0.1) is 0 Å². The van der Waals surface area contributed by atoms with E-state index in [1.807, 2.05) is 13.0 Å². The van der Waals surface area contributed by atoms with Crippen molar-refractivity contribution in [3.63, 3.8) is 0 Å². The molecule has 0 aromatic carbocycles. The Morgan fingerprint density at radius 3 is 2.79 bits per heavy atom. The smallest absolute Gasteiger partial charge is 0.110 e. The second-order valence-corrected chi connectivity index (χ2v) is 3.51. The molecule has 2 atom stereocenters. The van der Waals surface area contributed by atoms with Gasteiger partial charge in [-0.3, -0.25) is 0 Å². The lowest BCUT2D eigenvalue weighted by Crippen LogP contribution is -2.13. The first-order valence-corrected chi connectivity index (χ1v) is 4.54. The third-order valence-electron chi connectivity index (χ3n) is 2.46. The molecule has 1 N–H and O–H groups in total. The van der Waals surface area contributed by atoms with E-state index in [9.17, 15) is 9.50 Å². The van der Waals surface area contributed by atoms with Crippen LogP contribution in [0, 0.1) is 17.2 Å². The van der Waals surface area contributed by atoms with Crippen molar-refractivity contribution in [2.24, 2.45) is 11.8 Å². The minimum absolute atomic E-state index is 0.152. The zero-order valence-corrected chi connectivity index (χ0v) is 8.25. The van der Waals surface area contributed by atoms with Crippen molar-refractivity contribution in [2.45, 2.75) is 13.8 Å². The molecule has 2 nitrogen and oxygen atoms in total. The van der Waals surface area contributed by atoms with Crippen molar-refractivity contribution in [3.8, 4) is 0 Å². The average molecular weight is 194 g/mol. The van der Waals surface area contributed by atoms with Crippen LogP contribution in [-0.2, 0) is 0 Å². The number of halogens is 1. The van der Waals surface area contributed by atoms with Gasteiger partial charge in [-0.2, -0.15) is 0 Å². The lowest BCUT2D eigenvalue weighted by Gasteiger charge is -2.20. The van der Waals surface area contributed by atoms with Crippen molar-refractivity contribution >= 4 is 5.90 Å². The molecule has 0 fully saturated rings. The first-order valence-electron chi connectivity index (χ1n) is 4.54. The Hall–Kier alpha value is -1.38.